The summed E-state index contributed by atoms with van der Waals surface area (Å²) in [6, 6.07) is 4.96. The third-order valence-electron chi connectivity index (χ3n) is 4.36. The molecule has 1 saturated heterocycles. The van der Waals surface area contributed by atoms with E-state index in [4.69, 9.17) is 0 Å². The van der Waals surface area contributed by atoms with E-state index in [1.54, 1.807) is 0 Å². The number of hydrogen-bond acceptors (Lipinski definition) is 2. The normalized spacial score (nSPS) is 23.2. The second-order valence-electron chi connectivity index (χ2n) is 6.37. The first-order valence-electron chi connectivity index (χ1n) is 7.71. The fourth-order valence-corrected chi connectivity index (χ4v) is 3.38. The van der Waals surface area contributed by atoms with E-state index in [9.17, 15) is 4.79 Å². The third-order valence-corrected chi connectivity index (χ3v) is 4.36. The lowest BCUT2D eigenvalue weighted by Crippen LogP contribution is -2.51. The maximum atomic E-state index is 12.7. The molecule has 108 valence electrons. The lowest BCUT2D eigenvalue weighted by Gasteiger charge is -2.34. The summed E-state index contributed by atoms with van der Waals surface area (Å²) in [5, 5.41) is 3.50. The molecule has 1 amide bonds. The Labute approximate surface area is 121 Å². The molecule has 0 bridgehead atoms. The second-order valence-corrected chi connectivity index (χ2v) is 6.37. The van der Waals surface area contributed by atoms with Crippen LogP contribution in [0.3, 0.4) is 0 Å². The number of nitrogens with one attached hydrogen (secondary N) is 1. The van der Waals surface area contributed by atoms with Crippen LogP contribution in [0.2, 0.25) is 0 Å². The Morgan fingerprint density at radius 3 is 2.35 bits per heavy atom. The minimum atomic E-state index is 0.0244. The molecule has 0 aromatic heterocycles. The summed E-state index contributed by atoms with van der Waals surface area (Å²) in [6.07, 6.45) is 4.53. The van der Waals surface area contributed by atoms with Crippen LogP contribution in [-0.4, -0.2) is 24.5 Å². The summed E-state index contributed by atoms with van der Waals surface area (Å²) in [4.78, 5) is 14.7. The van der Waals surface area contributed by atoms with E-state index in [0.717, 1.165) is 25.1 Å². The highest BCUT2D eigenvalue weighted by atomic mass is 16.2. The van der Waals surface area contributed by atoms with Gasteiger partial charge in [0.15, 0.2) is 0 Å². The number of hydrogen-bond donors (Lipinski definition) is 1. The molecule has 1 N–H and O–H groups in total. The highest BCUT2D eigenvalue weighted by Gasteiger charge is 2.34. The van der Waals surface area contributed by atoms with Crippen LogP contribution in [0.4, 0.5) is 5.69 Å². The molecule has 1 aliphatic heterocycles. The highest BCUT2D eigenvalue weighted by Crippen LogP contribution is 2.30. The summed E-state index contributed by atoms with van der Waals surface area (Å²) in [5.74, 6) is 0.262. The number of nitrogens with zero attached hydrogens (tertiary/aromatic N) is 1. The van der Waals surface area contributed by atoms with Gasteiger partial charge in [-0.05, 0) is 57.6 Å². The molecule has 1 saturated carbocycles. The van der Waals surface area contributed by atoms with Crippen LogP contribution in [-0.2, 0) is 4.79 Å². The number of amides is 1. The van der Waals surface area contributed by atoms with Crippen LogP contribution in [0.25, 0.3) is 0 Å². The topological polar surface area (TPSA) is 32.3 Å². The number of aryl methyl sites for hydroxylation is 3. The molecule has 3 heteroatoms. The Morgan fingerprint density at radius 1 is 1.10 bits per heavy atom. The van der Waals surface area contributed by atoms with Gasteiger partial charge in [-0.3, -0.25) is 4.79 Å². The van der Waals surface area contributed by atoms with E-state index >= 15 is 0 Å². The first-order chi connectivity index (χ1) is 9.56. The van der Waals surface area contributed by atoms with Gasteiger partial charge in [0.25, 0.3) is 0 Å². The molecule has 20 heavy (non-hydrogen) atoms. The first kappa shape index (κ1) is 13.6. The molecule has 1 heterocycles. The van der Waals surface area contributed by atoms with Crippen LogP contribution in [0.1, 0.15) is 42.4 Å². The molecule has 1 aromatic rings. The van der Waals surface area contributed by atoms with E-state index in [1.165, 1.54) is 29.5 Å². The molecule has 1 aliphatic carbocycles. The molecule has 2 fully saturated rings. The van der Waals surface area contributed by atoms with Crippen LogP contribution in [0.15, 0.2) is 12.1 Å². The van der Waals surface area contributed by atoms with Crippen molar-refractivity contribution in [3.8, 4) is 0 Å². The smallest absolute Gasteiger partial charge is 0.244 e. The molecule has 0 spiro atoms. The quantitative estimate of drug-likeness (QED) is 0.917. The van der Waals surface area contributed by atoms with Gasteiger partial charge >= 0.3 is 0 Å². The average molecular weight is 272 g/mol. The fourth-order valence-electron chi connectivity index (χ4n) is 3.38. The minimum Gasteiger partial charge on any atom is -0.311 e. The lowest BCUT2D eigenvalue weighted by molar-refractivity contribution is -0.121. The third kappa shape index (κ3) is 2.59. The van der Waals surface area contributed by atoms with E-state index in [1.807, 2.05) is 4.90 Å². The van der Waals surface area contributed by atoms with Crippen molar-refractivity contribution in [1.29, 1.82) is 0 Å². The van der Waals surface area contributed by atoms with Gasteiger partial charge < -0.3 is 10.2 Å². The van der Waals surface area contributed by atoms with Crippen LogP contribution >= 0.6 is 0 Å². The summed E-state index contributed by atoms with van der Waals surface area (Å²) in [5.41, 5.74) is 4.81. The van der Waals surface area contributed by atoms with Crippen molar-refractivity contribution in [2.45, 2.75) is 58.5 Å². The second kappa shape index (κ2) is 5.21. The van der Waals surface area contributed by atoms with Gasteiger partial charge in [-0.2, -0.15) is 0 Å². The number of piperidine rings is 1. The zero-order chi connectivity index (χ0) is 14.3. The van der Waals surface area contributed by atoms with Crippen molar-refractivity contribution >= 4 is 11.6 Å². The zero-order valence-electron chi connectivity index (χ0n) is 12.7. The Hall–Kier alpha value is -1.35. The molecule has 3 nitrogen and oxygen atoms in total. The van der Waals surface area contributed by atoms with Gasteiger partial charge in [-0.1, -0.05) is 17.7 Å². The van der Waals surface area contributed by atoms with Crippen molar-refractivity contribution in [3.05, 3.63) is 28.8 Å². The monoisotopic (exact) mass is 272 g/mol. The lowest BCUT2D eigenvalue weighted by atomic mass is 9.99. The Morgan fingerprint density at radius 2 is 1.75 bits per heavy atom. The first-order valence-corrected chi connectivity index (χ1v) is 7.71. The SMILES string of the molecule is Cc1cc(C)c(N2CCCC(NC3CC3)C2=O)c(C)c1. The van der Waals surface area contributed by atoms with Crippen molar-refractivity contribution < 1.29 is 4.79 Å². The van der Waals surface area contributed by atoms with Gasteiger partial charge in [0.05, 0.1) is 6.04 Å². The Bertz CT molecular complexity index is 511. The van der Waals surface area contributed by atoms with Crippen molar-refractivity contribution in [3.63, 3.8) is 0 Å². The minimum absolute atomic E-state index is 0.0244. The summed E-state index contributed by atoms with van der Waals surface area (Å²) in [6.45, 7) is 7.19. The van der Waals surface area contributed by atoms with Crippen molar-refractivity contribution in [2.24, 2.45) is 0 Å². The molecule has 0 radical (unpaired) electrons. The van der Waals surface area contributed by atoms with Crippen molar-refractivity contribution in [1.82, 2.24) is 5.32 Å². The molecule has 1 aromatic carbocycles. The van der Waals surface area contributed by atoms with Gasteiger partial charge in [0, 0.05) is 18.3 Å². The Kier molecular flexibility index (Phi) is 3.55. The summed E-state index contributed by atoms with van der Waals surface area (Å²) < 4.78 is 0. The molecular weight excluding hydrogens is 248 g/mol. The van der Waals surface area contributed by atoms with Crippen LogP contribution < -0.4 is 10.2 Å². The van der Waals surface area contributed by atoms with Crippen LogP contribution in [0, 0.1) is 20.8 Å². The summed E-state index contributed by atoms with van der Waals surface area (Å²) >= 11 is 0. The fraction of sp³-hybridized carbons (Fsp3) is 0.588. The van der Waals surface area contributed by atoms with Gasteiger partial charge in [-0.25, -0.2) is 0 Å². The Balaban J connectivity index is 1.86. The predicted molar refractivity (Wildman–Crippen MR) is 82.2 cm³/mol. The zero-order valence-corrected chi connectivity index (χ0v) is 12.7. The van der Waals surface area contributed by atoms with E-state index in [2.05, 4.69) is 38.2 Å². The van der Waals surface area contributed by atoms with E-state index in [0.29, 0.717) is 6.04 Å². The molecule has 3 rings (SSSR count). The average Bonchev–Trinajstić information content (AvgIpc) is 3.16. The summed E-state index contributed by atoms with van der Waals surface area (Å²) in [7, 11) is 0. The number of carbonyl (C=O) groups is 1. The predicted octanol–water partition coefficient (Wildman–Crippen LogP) is 2.86. The molecule has 1 unspecified atom stereocenters. The number of anilines is 1. The van der Waals surface area contributed by atoms with E-state index in [-0.39, 0.29) is 11.9 Å². The van der Waals surface area contributed by atoms with Gasteiger partial charge in [0.1, 0.15) is 0 Å². The van der Waals surface area contributed by atoms with Crippen LogP contribution in [0.5, 0.6) is 0 Å². The largest absolute Gasteiger partial charge is 0.311 e. The maximum absolute atomic E-state index is 12.7. The highest BCUT2D eigenvalue weighted by molar-refractivity contribution is 5.99. The molecule has 2 aliphatic rings. The van der Waals surface area contributed by atoms with Gasteiger partial charge in [0.2, 0.25) is 5.91 Å². The number of rotatable bonds is 3. The number of carbonyl (C=O) groups excluding carboxylic acids is 1. The van der Waals surface area contributed by atoms with Crippen molar-refractivity contribution in [2.75, 3.05) is 11.4 Å². The standard InChI is InChI=1S/C17H24N2O/c1-11-9-12(2)16(13(3)10-11)19-8-4-5-15(17(19)20)18-14-6-7-14/h9-10,14-15,18H,4-8H2,1-3H3. The molecule has 1 atom stereocenters. The maximum Gasteiger partial charge on any atom is 0.244 e. The number of benzene rings is 1. The van der Waals surface area contributed by atoms with Gasteiger partial charge in [-0.15, -0.1) is 0 Å². The molecular formula is C17H24N2O. The van der Waals surface area contributed by atoms with E-state index < -0.39 is 0 Å².